The summed E-state index contributed by atoms with van der Waals surface area (Å²) in [6, 6.07) is 0. The van der Waals surface area contributed by atoms with Crippen LogP contribution in [-0.4, -0.2) is 40.3 Å². The number of halogens is 14. The zero-order valence-corrected chi connectivity index (χ0v) is 12.6. The molecule has 0 aromatic carbocycles. The Kier molecular flexibility index (Phi) is 6.48. The molecule has 0 rings (SSSR count). The fourth-order valence-electron chi connectivity index (χ4n) is 0.585. The van der Waals surface area contributed by atoms with Crippen LogP contribution in [0.1, 0.15) is 0 Å². The van der Waals surface area contributed by atoms with E-state index < -0.39 is 61.0 Å². The second kappa shape index (κ2) is 6.82. The van der Waals surface area contributed by atoms with E-state index in [0.717, 1.165) is 0 Å². The van der Waals surface area contributed by atoms with Gasteiger partial charge < -0.3 is 0 Å². The summed E-state index contributed by atoms with van der Waals surface area (Å²) in [5.41, 5.74) is 0. The molecule has 0 saturated heterocycles. The van der Waals surface area contributed by atoms with Gasteiger partial charge in [0.2, 0.25) is 0 Å². The second-order valence-corrected chi connectivity index (χ2v) is 6.99. The molecule has 0 spiro atoms. The number of hydrogen-bond donors (Lipinski definition) is 0. The van der Waals surface area contributed by atoms with E-state index in [1.165, 1.54) is 0 Å². The molecule has 18 heteroatoms. The van der Waals surface area contributed by atoms with Gasteiger partial charge in [0.25, 0.3) is 0 Å². The summed E-state index contributed by atoms with van der Waals surface area (Å²) in [7, 11) is 0. The van der Waals surface area contributed by atoms with Crippen molar-refractivity contribution in [2.45, 2.75) is 28.4 Å². The van der Waals surface area contributed by atoms with Crippen molar-refractivity contribution in [2.75, 3.05) is 0 Å². The van der Waals surface area contributed by atoms with E-state index in [2.05, 4.69) is 6.13 Å². The Bertz CT molecular complexity index is 490. The molecule has 4 nitrogen and oxygen atoms in total. The van der Waals surface area contributed by atoms with Crippen LogP contribution >= 0.6 is 20.6 Å². The van der Waals surface area contributed by atoms with Crippen LogP contribution in [-0.2, 0) is 15.7 Å². The predicted molar refractivity (Wildman–Crippen MR) is 54.3 cm³/mol. The molecule has 25 heavy (non-hydrogen) atoms. The van der Waals surface area contributed by atoms with Gasteiger partial charge in [0.15, 0.2) is 0 Å². The van der Waals surface area contributed by atoms with Gasteiger partial charge in [-0.1, -0.05) is 0 Å². The molecule has 0 amide bonds. The maximum atomic E-state index is 13.2. The molecule has 0 saturated carbocycles. The Balaban J connectivity index is 5.96. The third-order valence-corrected chi connectivity index (χ3v) is 5.03. The van der Waals surface area contributed by atoms with Gasteiger partial charge in [0.05, 0.1) is 0 Å². The zero-order chi connectivity index (χ0) is 20.6. The van der Waals surface area contributed by atoms with Crippen LogP contribution in [0.4, 0.5) is 57.1 Å². The van der Waals surface area contributed by atoms with Crippen molar-refractivity contribution >= 4 is 32.6 Å². The molecule has 0 aliphatic heterocycles. The van der Waals surface area contributed by atoms with Crippen LogP contribution in [0.25, 0.3) is 0 Å². The summed E-state index contributed by atoms with van der Waals surface area (Å²) in [5.74, 6) is -15.0. The van der Waals surface area contributed by atoms with Crippen molar-refractivity contribution < 1.29 is 72.8 Å². The number of alkyl halides is 14. The average molecular weight is 522 g/mol. The van der Waals surface area contributed by atoms with Crippen LogP contribution in [0.3, 0.4) is 0 Å². The number of carbonyl (C=O) groups is 2. The summed E-state index contributed by atoms with van der Waals surface area (Å²) in [4.78, 5) is 20.6. The second-order valence-electron chi connectivity index (χ2n) is 3.51. The number of rotatable bonds is 4. The first-order valence-corrected chi connectivity index (χ1v) is 7.61. The molecule has 0 aromatic rings. The van der Waals surface area contributed by atoms with Crippen molar-refractivity contribution in [1.82, 2.24) is 0 Å². The van der Waals surface area contributed by atoms with Crippen LogP contribution in [0.15, 0.2) is 0 Å². The van der Waals surface area contributed by atoms with Gasteiger partial charge in [0, 0.05) is 0 Å². The van der Waals surface area contributed by atoms with Crippen molar-refractivity contribution in [3.05, 3.63) is 0 Å². The van der Waals surface area contributed by atoms with Crippen molar-refractivity contribution in [3.63, 3.8) is 0 Å². The zero-order valence-electron chi connectivity index (χ0n) is 10.4. The maximum absolute atomic E-state index is 13.2. The first-order valence-electron chi connectivity index (χ1n) is 4.77. The molecule has 0 atom stereocenters. The summed E-state index contributed by atoms with van der Waals surface area (Å²) in [6.45, 7) is 0. The van der Waals surface area contributed by atoms with Gasteiger partial charge in [0.1, 0.15) is 0 Å². The number of carbonyl (C=O) groups excluding carboxylic acids is 2. The molecule has 0 unspecified atom stereocenters. The van der Waals surface area contributed by atoms with Crippen molar-refractivity contribution in [3.8, 4) is 0 Å². The van der Waals surface area contributed by atoms with Crippen LogP contribution in [0, 0.1) is 0 Å². The van der Waals surface area contributed by atoms with Crippen LogP contribution < -0.4 is 0 Å². The van der Waals surface area contributed by atoms with Gasteiger partial charge in [-0.3, -0.25) is 0 Å². The van der Waals surface area contributed by atoms with Gasteiger partial charge in [-0.2, -0.15) is 0 Å². The standard InChI is InChI=1S/C7F13IO4/c8-3(9,10)1(22)24-21(25-2(23)4(11,12)13)7(19,20)5(14,15)6(16,17)18. The molecule has 0 radical (unpaired) electrons. The van der Waals surface area contributed by atoms with Gasteiger partial charge in [-0.15, -0.1) is 0 Å². The normalized spacial score (nSPS) is 14.8. The minimum atomic E-state index is -7.28. The third-order valence-electron chi connectivity index (χ3n) is 1.65. The summed E-state index contributed by atoms with van der Waals surface area (Å²) in [5, 5.41) is 0. The van der Waals surface area contributed by atoms with E-state index in [9.17, 15) is 66.7 Å². The fourth-order valence-corrected chi connectivity index (χ4v) is 3.31. The van der Waals surface area contributed by atoms with Crippen molar-refractivity contribution in [2.24, 2.45) is 0 Å². The molecule has 0 heterocycles. The van der Waals surface area contributed by atoms with Gasteiger partial charge >= 0.3 is 134 Å². The first kappa shape index (κ1) is 23.8. The SMILES string of the molecule is O=C(OI(OC(=O)C(F)(F)F)C(F)(F)C(F)(F)C(F)(F)F)C(F)(F)F. The monoisotopic (exact) mass is 522 g/mol. The molecule has 0 aliphatic rings. The van der Waals surface area contributed by atoms with Crippen LogP contribution in [0.2, 0.25) is 0 Å². The Hall–Kier alpha value is -1.24. The fraction of sp³-hybridized carbons (Fsp3) is 0.714. The first-order chi connectivity index (χ1) is 10.7. The topological polar surface area (TPSA) is 52.6 Å². The molecule has 150 valence electrons. The Morgan fingerprint density at radius 3 is 1.08 bits per heavy atom. The summed E-state index contributed by atoms with van der Waals surface area (Å²) in [6.07, 6.45) is -19.7. The summed E-state index contributed by atoms with van der Waals surface area (Å²) < 4.78 is 157. The minimum absolute atomic E-state index is 2.55. The molecular formula is C7F13IO4. The quantitative estimate of drug-likeness (QED) is 0.314. The third kappa shape index (κ3) is 5.36. The molecule has 0 aliphatic carbocycles. The van der Waals surface area contributed by atoms with Gasteiger partial charge in [-0.25, -0.2) is 0 Å². The molecule has 0 bridgehead atoms. The Morgan fingerprint density at radius 1 is 0.600 bits per heavy atom. The van der Waals surface area contributed by atoms with E-state index in [4.69, 9.17) is 0 Å². The van der Waals surface area contributed by atoms with E-state index in [-0.39, 0.29) is 0 Å². The van der Waals surface area contributed by atoms with E-state index >= 15 is 0 Å². The summed E-state index contributed by atoms with van der Waals surface area (Å²) >= 11 is -7.15. The molecule has 0 aromatic heterocycles. The average Bonchev–Trinajstić information content (AvgIpc) is 2.33. The van der Waals surface area contributed by atoms with E-state index in [1.807, 2.05) is 0 Å². The molecule has 0 N–H and O–H groups in total. The number of hydrogen-bond acceptors (Lipinski definition) is 4. The molecular weight excluding hydrogens is 522 g/mol. The Morgan fingerprint density at radius 2 is 0.880 bits per heavy atom. The van der Waals surface area contributed by atoms with Crippen LogP contribution in [0.5, 0.6) is 0 Å². The molecule has 0 fully saturated rings. The van der Waals surface area contributed by atoms with Gasteiger partial charge in [-0.05, 0) is 0 Å². The van der Waals surface area contributed by atoms with Crippen molar-refractivity contribution in [1.29, 1.82) is 0 Å². The van der Waals surface area contributed by atoms with E-state index in [1.54, 1.807) is 0 Å². The predicted octanol–water partition coefficient (Wildman–Crippen LogP) is 4.32. The Labute approximate surface area is 134 Å². The van der Waals surface area contributed by atoms with E-state index in [0.29, 0.717) is 0 Å².